The molecule has 0 aromatic rings. The smallest absolute Gasteiger partial charge is 0.333 e. The van der Waals surface area contributed by atoms with Gasteiger partial charge in [0.05, 0.1) is 24.9 Å². The Morgan fingerprint density at radius 3 is 2.17 bits per heavy atom. The minimum absolute atomic E-state index is 0.0282. The number of carbonyl (C=O) groups is 1. The first-order chi connectivity index (χ1) is 21.7. The zero-order chi connectivity index (χ0) is 33.8. The lowest BCUT2D eigenvalue weighted by Gasteiger charge is -2.47. The summed E-state index contributed by atoms with van der Waals surface area (Å²) in [5.74, 6) is -1.20. The third kappa shape index (κ3) is 9.51. The lowest BCUT2D eigenvalue weighted by atomic mass is 9.85. The number of carboxylic acid groups (broad SMARTS) is 1. The van der Waals surface area contributed by atoms with E-state index in [0.717, 1.165) is 32.1 Å². The van der Waals surface area contributed by atoms with Crippen molar-refractivity contribution in [1.29, 1.82) is 0 Å². The van der Waals surface area contributed by atoms with Crippen LogP contribution in [0.2, 0.25) is 0 Å². The van der Waals surface area contributed by atoms with Crippen LogP contribution in [0, 0.1) is 5.92 Å². The van der Waals surface area contributed by atoms with Gasteiger partial charge in [-0.05, 0) is 25.7 Å². The summed E-state index contributed by atoms with van der Waals surface area (Å²) in [5, 5.41) is 72.9. The number of carboxylic acids is 1. The predicted molar refractivity (Wildman–Crippen MR) is 151 cm³/mol. The van der Waals surface area contributed by atoms with E-state index in [0.29, 0.717) is 0 Å². The van der Waals surface area contributed by atoms with Gasteiger partial charge >= 0.3 is 16.3 Å². The van der Waals surface area contributed by atoms with Crippen LogP contribution in [0.25, 0.3) is 0 Å². The summed E-state index contributed by atoms with van der Waals surface area (Å²) in [7, 11) is -4.69. The van der Waals surface area contributed by atoms with Crippen molar-refractivity contribution in [2.24, 2.45) is 5.92 Å². The van der Waals surface area contributed by atoms with Crippen LogP contribution in [0.15, 0.2) is 0 Å². The molecule has 3 heterocycles. The SMILES string of the molecule is C[C@@H]1O[C@@H](O[C@@H]2[C@@H](CNS(=O)(=O)O)OCC[C@H]2O[C@@H]2O[C@H](CO)[C@H](O)[C@H](O[C@@H](CC3CCCCC3)C(=O)O)[C@H]2O)[C@@H](O)[C@H](O)[C@@H]1O. The van der Waals surface area contributed by atoms with Crippen molar-refractivity contribution < 1.29 is 81.9 Å². The molecule has 0 radical (unpaired) electrons. The largest absolute Gasteiger partial charge is 0.479 e. The average Bonchev–Trinajstić information content (AvgIpc) is 3.01. The zero-order valence-corrected chi connectivity index (χ0v) is 26.2. The summed E-state index contributed by atoms with van der Waals surface area (Å²) in [6.45, 7) is 0.0740. The Balaban J connectivity index is 1.54. The molecule has 1 aliphatic carbocycles. The fourth-order valence-corrected chi connectivity index (χ4v) is 6.80. The summed E-state index contributed by atoms with van der Waals surface area (Å²) in [5.41, 5.74) is 0. The molecule has 0 spiro atoms. The van der Waals surface area contributed by atoms with Gasteiger partial charge in [0.25, 0.3) is 0 Å². The number of hydrogen-bond acceptors (Lipinski definition) is 15. The summed E-state index contributed by atoms with van der Waals surface area (Å²) in [6.07, 6.45) is -15.7. The van der Waals surface area contributed by atoms with Crippen molar-refractivity contribution in [3.8, 4) is 0 Å². The molecule has 9 N–H and O–H groups in total. The maximum Gasteiger partial charge on any atom is 0.333 e. The summed E-state index contributed by atoms with van der Waals surface area (Å²) >= 11 is 0. The summed E-state index contributed by atoms with van der Waals surface area (Å²) < 4.78 is 68.5. The Hall–Kier alpha value is -1.14. The van der Waals surface area contributed by atoms with E-state index in [-0.39, 0.29) is 25.4 Å². The van der Waals surface area contributed by atoms with Crippen molar-refractivity contribution in [2.75, 3.05) is 19.8 Å². The molecule has 0 amide bonds. The van der Waals surface area contributed by atoms with Crippen molar-refractivity contribution >= 4 is 16.3 Å². The monoisotopic (exact) mass is 689 g/mol. The van der Waals surface area contributed by atoms with E-state index >= 15 is 0 Å². The Labute approximate surface area is 266 Å². The number of rotatable bonds is 13. The van der Waals surface area contributed by atoms with E-state index in [1.807, 2.05) is 4.72 Å². The molecular weight excluding hydrogens is 642 g/mol. The van der Waals surface area contributed by atoms with Crippen LogP contribution in [-0.2, 0) is 43.5 Å². The highest BCUT2D eigenvalue weighted by molar-refractivity contribution is 7.83. The highest BCUT2D eigenvalue weighted by atomic mass is 32.2. The fourth-order valence-electron chi connectivity index (χ4n) is 6.43. The molecule has 268 valence electrons. The molecule has 0 aromatic heterocycles. The number of ether oxygens (including phenoxy) is 6. The van der Waals surface area contributed by atoms with E-state index in [4.69, 9.17) is 28.4 Å². The Morgan fingerprint density at radius 1 is 0.870 bits per heavy atom. The van der Waals surface area contributed by atoms with Gasteiger partial charge in [-0.2, -0.15) is 13.1 Å². The molecule has 0 bridgehead atoms. The molecule has 3 aliphatic heterocycles. The minimum atomic E-state index is -4.69. The third-order valence-corrected chi connectivity index (χ3v) is 9.56. The van der Waals surface area contributed by atoms with Gasteiger partial charge in [-0.25, -0.2) is 4.79 Å². The molecule has 1 saturated carbocycles. The first-order valence-corrected chi connectivity index (χ1v) is 17.0. The molecule has 0 aromatic carbocycles. The molecule has 0 unspecified atom stereocenters. The minimum Gasteiger partial charge on any atom is -0.479 e. The molecular formula is C27H47NO17S. The summed E-state index contributed by atoms with van der Waals surface area (Å²) in [4.78, 5) is 12.1. The quantitative estimate of drug-likeness (QED) is 0.0872. The van der Waals surface area contributed by atoms with Gasteiger partial charge in [-0.1, -0.05) is 32.1 Å². The topological polar surface area (TPSA) is 280 Å². The average molecular weight is 690 g/mol. The van der Waals surface area contributed by atoms with Gasteiger partial charge in [0, 0.05) is 13.2 Å². The van der Waals surface area contributed by atoms with Gasteiger partial charge in [0.1, 0.15) is 48.8 Å². The van der Waals surface area contributed by atoms with E-state index in [2.05, 4.69) is 0 Å². The van der Waals surface area contributed by atoms with Gasteiger partial charge in [-0.15, -0.1) is 0 Å². The standard InChI is InChI=1S/C27H47NO17S/c1-12-18(30)20(32)21(33)26(41-12)45-23-14(7-8-40-16(23)10-28-46(37,38)39)43-27-22(34)24(19(31)17(11-29)44-27)42-15(25(35)36)9-13-5-3-2-4-6-13/h12-24,26-34H,2-11H2,1H3,(H,35,36)(H,37,38,39)/t12-,14+,15-,16+,17+,18+,19-,20+,21-,22+,23-,24-,26-,27+/m0/s1. The normalized spacial score (nSPS) is 42.0. The molecule has 4 aliphatic rings. The molecule has 3 saturated heterocycles. The molecule has 4 rings (SSSR count). The lowest BCUT2D eigenvalue weighted by molar-refractivity contribution is -0.355. The highest BCUT2D eigenvalue weighted by Gasteiger charge is 2.51. The summed E-state index contributed by atoms with van der Waals surface area (Å²) in [6, 6.07) is 0. The predicted octanol–water partition coefficient (Wildman–Crippen LogP) is -2.99. The first-order valence-electron chi connectivity index (χ1n) is 15.5. The van der Waals surface area contributed by atoms with Crippen LogP contribution in [0.5, 0.6) is 0 Å². The Bertz CT molecular complexity index is 1080. The zero-order valence-electron chi connectivity index (χ0n) is 25.4. The second-order valence-electron chi connectivity index (χ2n) is 12.4. The van der Waals surface area contributed by atoms with E-state index in [9.17, 15) is 53.5 Å². The van der Waals surface area contributed by atoms with Gasteiger partial charge in [0.2, 0.25) is 0 Å². The second kappa shape index (κ2) is 16.5. The number of aliphatic hydroxyl groups is 6. The third-order valence-electron chi connectivity index (χ3n) is 9.03. The van der Waals surface area contributed by atoms with Crippen molar-refractivity contribution in [3.63, 3.8) is 0 Å². The van der Waals surface area contributed by atoms with Crippen LogP contribution >= 0.6 is 0 Å². The van der Waals surface area contributed by atoms with Crippen LogP contribution in [-0.4, -0.2) is 160 Å². The molecule has 19 heteroatoms. The van der Waals surface area contributed by atoms with E-state index in [1.165, 1.54) is 6.92 Å². The molecule has 46 heavy (non-hydrogen) atoms. The van der Waals surface area contributed by atoms with Crippen LogP contribution < -0.4 is 4.72 Å². The number of hydrogen-bond donors (Lipinski definition) is 9. The van der Waals surface area contributed by atoms with Crippen LogP contribution in [0.4, 0.5) is 0 Å². The number of aliphatic hydroxyl groups excluding tert-OH is 6. The van der Waals surface area contributed by atoms with Gasteiger partial charge in [0.15, 0.2) is 18.7 Å². The second-order valence-corrected chi connectivity index (χ2v) is 13.6. The van der Waals surface area contributed by atoms with Gasteiger partial charge in [-0.3, -0.25) is 4.55 Å². The van der Waals surface area contributed by atoms with Crippen LogP contribution in [0.3, 0.4) is 0 Å². The van der Waals surface area contributed by atoms with E-state index < -0.39 is 115 Å². The highest BCUT2D eigenvalue weighted by Crippen LogP contribution is 2.34. The van der Waals surface area contributed by atoms with Crippen molar-refractivity contribution in [1.82, 2.24) is 4.72 Å². The number of nitrogens with one attached hydrogen (secondary N) is 1. The maximum atomic E-state index is 12.1. The molecule has 4 fully saturated rings. The first kappa shape index (κ1) is 37.7. The number of aliphatic carboxylic acids is 1. The Kier molecular flexibility index (Phi) is 13.5. The van der Waals surface area contributed by atoms with Gasteiger partial charge < -0.3 is 64.2 Å². The maximum absolute atomic E-state index is 12.1. The van der Waals surface area contributed by atoms with Crippen molar-refractivity contribution in [3.05, 3.63) is 0 Å². The molecule has 14 atom stereocenters. The van der Waals surface area contributed by atoms with Crippen molar-refractivity contribution in [2.45, 2.75) is 138 Å². The Morgan fingerprint density at radius 2 is 1.54 bits per heavy atom. The van der Waals surface area contributed by atoms with Crippen LogP contribution in [0.1, 0.15) is 51.9 Å². The molecule has 18 nitrogen and oxygen atoms in total. The van der Waals surface area contributed by atoms with E-state index in [1.54, 1.807) is 0 Å². The fraction of sp³-hybridized carbons (Fsp3) is 0.963. The lowest BCUT2D eigenvalue weighted by Crippen LogP contribution is -2.64.